The molecule has 2 rings (SSSR count). The summed E-state index contributed by atoms with van der Waals surface area (Å²) in [6.07, 6.45) is 2.81. The van der Waals surface area contributed by atoms with Gasteiger partial charge in [0.2, 0.25) is 0 Å². The third-order valence-electron chi connectivity index (χ3n) is 3.40. The zero-order chi connectivity index (χ0) is 11.0. The molecule has 0 radical (unpaired) electrons. The molecule has 1 aliphatic rings. The van der Waals surface area contributed by atoms with Crippen molar-refractivity contribution in [2.24, 2.45) is 0 Å². The molecule has 15 heavy (non-hydrogen) atoms. The van der Waals surface area contributed by atoms with E-state index >= 15 is 0 Å². The Morgan fingerprint density at radius 3 is 1.73 bits per heavy atom. The molecule has 0 unspecified atom stereocenters. The number of hydrogen-bond donors (Lipinski definition) is 0. The first-order valence-electron chi connectivity index (χ1n) is 6.24. The summed E-state index contributed by atoms with van der Waals surface area (Å²) in [5.74, 6) is 2.21. The molecular formula is C15H22. The van der Waals surface area contributed by atoms with Crippen LogP contribution in [-0.4, -0.2) is 0 Å². The predicted molar refractivity (Wildman–Crippen MR) is 66.6 cm³/mol. The van der Waals surface area contributed by atoms with Crippen molar-refractivity contribution in [1.29, 1.82) is 0 Å². The van der Waals surface area contributed by atoms with Crippen molar-refractivity contribution in [3.63, 3.8) is 0 Å². The summed E-state index contributed by atoms with van der Waals surface area (Å²) in [7, 11) is 0. The van der Waals surface area contributed by atoms with Crippen LogP contribution in [0.1, 0.15) is 75.0 Å². The van der Waals surface area contributed by atoms with Gasteiger partial charge in [-0.25, -0.2) is 0 Å². The Morgan fingerprint density at radius 1 is 0.933 bits per heavy atom. The van der Waals surface area contributed by atoms with Gasteiger partial charge in [0.1, 0.15) is 0 Å². The second kappa shape index (κ2) is 4.00. The average Bonchev–Trinajstić information content (AvgIpc) is 2.99. The van der Waals surface area contributed by atoms with E-state index in [4.69, 9.17) is 0 Å². The van der Waals surface area contributed by atoms with Gasteiger partial charge in [-0.15, -0.1) is 0 Å². The molecule has 0 atom stereocenters. The Morgan fingerprint density at radius 2 is 1.40 bits per heavy atom. The smallest absolute Gasteiger partial charge is 0.0156 e. The highest BCUT2D eigenvalue weighted by Crippen LogP contribution is 2.46. The minimum Gasteiger partial charge on any atom is -0.0617 e. The molecule has 0 saturated heterocycles. The van der Waals surface area contributed by atoms with Crippen LogP contribution < -0.4 is 0 Å². The number of rotatable bonds is 3. The highest BCUT2D eigenvalue weighted by molar-refractivity contribution is 5.43. The second-order valence-corrected chi connectivity index (χ2v) is 5.43. The highest BCUT2D eigenvalue weighted by Gasteiger charge is 2.29. The van der Waals surface area contributed by atoms with E-state index in [1.165, 1.54) is 12.8 Å². The van der Waals surface area contributed by atoms with Crippen molar-refractivity contribution in [2.75, 3.05) is 0 Å². The molecule has 0 aliphatic heterocycles. The van der Waals surface area contributed by atoms with Gasteiger partial charge in [0.05, 0.1) is 0 Å². The molecule has 0 N–H and O–H groups in total. The van der Waals surface area contributed by atoms with Crippen molar-refractivity contribution >= 4 is 0 Å². The molecule has 1 aromatic carbocycles. The van der Waals surface area contributed by atoms with Crippen LogP contribution in [0.15, 0.2) is 18.2 Å². The zero-order valence-electron chi connectivity index (χ0n) is 10.4. The van der Waals surface area contributed by atoms with E-state index in [1.54, 1.807) is 16.7 Å². The number of benzene rings is 1. The average molecular weight is 202 g/mol. The van der Waals surface area contributed by atoms with Gasteiger partial charge in [0.25, 0.3) is 0 Å². The van der Waals surface area contributed by atoms with Gasteiger partial charge in [-0.1, -0.05) is 45.9 Å². The fraction of sp³-hybridized carbons (Fsp3) is 0.600. The van der Waals surface area contributed by atoms with Crippen LogP contribution in [0.25, 0.3) is 0 Å². The standard InChI is InChI=1S/C15H22/c1-10(2)13-6-5-7-14(11(3)4)15(13)12-8-9-12/h5-7,10-12H,8-9H2,1-4H3. The summed E-state index contributed by atoms with van der Waals surface area (Å²) in [4.78, 5) is 0. The summed E-state index contributed by atoms with van der Waals surface area (Å²) < 4.78 is 0. The summed E-state index contributed by atoms with van der Waals surface area (Å²) >= 11 is 0. The van der Waals surface area contributed by atoms with Gasteiger partial charge in [-0.05, 0) is 47.3 Å². The monoisotopic (exact) mass is 202 g/mol. The zero-order valence-corrected chi connectivity index (χ0v) is 10.4. The maximum absolute atomic E-state index is 2.32. The lowest BCUT2D eigenvalue weighted by atomic mass is 9.86. The van der Waals surface area contributed by atoms with Crippen LogP contribution in [0.3, 0.4) is 0 Å². The van der Waals surface area contributed by atoms with Crippen LogP contribution in [0.4, 0.5) is 0 Å². The Kier molecular flexibility index (Phi) is 2.86. The molecule has 82 valence electrons. The minimum absolute atomic E-state index is 0.666. The fourth-order valence-electron chi connectivity index (χ4n) is 2.45. The molecule has 0 heterocycles. The van der Waals surface area contributed by atoms with Crippen LogP contribution in [-0.2, 0) is 0 Å². The lowest BCUT2D eigenvalue weighted by Crippen LogP contribution is -2.01. The third kappa shape index (κ3) is 2.09. The lowest BCUT2D eigenvalue weighted by Gasteiger charge is -2.19. The Balaban J connectivity index is 2.50. The third-order valence-corrected chi connectivity index (χ3v) is 3.40. The van der Waals surface area contributed by atoms with E-state index in [-0.39, 0.29) is 0 Å². The molecule has 0 nitrogen and oxygen atoms in total. The molecule has 1 aliphatic carbocycles. The lowest BCUT2D eigenvalue weighted by molar-refractivity contribution is 0.797. The topological polar surface area (TPSA) is 0 Å². The highest BCUT2D eigenvalue weighted by atomic mass is 14.3. The molecule has 0 aromatic heterocycles. The summed E-state index contributed by atoms with van der Waals surface area (Å²) in [6.45, 7) is 9.24. The second-order valence-electron chi connectivity index (χ2n) is 5.43. The van der Waals surface area contributed by atoms with E-state index in [1.807, 2.05) is 0 Å². The summed E-state index contributed by atoms with van der Waals surface area (Å²) in [5, 5.41) is 0. The summed E-state index contributed by atoms with van der Waals surface area (Å²) in [6, 6.07) is 6.88. The van der Waals surface area contributed by atoms with Gasteiger partial charge in [0.15, 0.2) is 0 Å². The maximum Gasteiger partial charge on any atom is -0.0156 e. The SMILES string of the molecule is CC(C)c1cccc(C(C)C)c1C1CC1. The van der Waals surface area contributed by atoms with Crippen LogP contribution in [0, 0.1) is 0 Å². The minimum atomic E-state index is 0.666. The molecule has 1 fully saturated rings. The van der Waals surface area contributed by atoms with Crippen molar-refractivity contribution in [3.8, 4) is 0 Å². The van der Waals surface area contributed by atoms with Crippen LogP contribution in [0.2, 0.25) is 0 Å². The molecule has 1 saturated carbocycles. The predicted octanol–water partition coefficient (Wildman–Crippen LogP) is 4.81. The van der Waals surface area contributed by atoms with Gasteiger partial charge in [0, 0.05) is 0 Å². The maximum atomic E-state index is 2.32. The molecular weight excluding hydrogens is 180 g/mol. The summed E-state index contributed by atoms with van der Waals surface area (Å²) in [5.41, 5.74) is 4.86. The van der Waals surface area contributed by atoms with Crippen molar-refractivity contribution in [1.82, 2.24) is 0 Å². The van der Waals surface area contributed by atoms with Crippen molar-refractivity contribution in [3.05, 3.63) is 34.9 Å². The Bertz CT molecular complexity index is 317. The molecule has 0 spiro atoms. The first kappa shape index (κ1) is 10.7. The van der Waals surface area contributed by atoms with Crippen LogP contribution in [0.5, 0.6) is 0 Å². The first-order valence-corrected chi connectivity index (χ1v) is 6.24. The molecule has 0 amide bonds. The Hall–Kier alpha value is -0.780. The fourth-order valence-corrected chi connectivity index (χ4v) is 2.45. The van der Waals surface area contributed by atoms with Gasteiger partial charge in [-0.3, -0.25) is 0 Å². The van der Waals surface area contributed by atoms with E-state index in [9.17, 15) is 0 Å². The van der Waals surface area contributed by atoms with Gasteiger partial charge < -0.3 is 0 Å². The van der Waals surface area contributed by atoms with Gasteiger partial charge >= 0.3 is 0 Å². The van der Waals surface area contributed by atoms with Crippen molar-refractivity contribution < 1.29 is 0 Å². The van der Waals surface area contributed by atoms with Crippen LogP contribution >= 0.6 is 0 Å². The van der Waals surface area contributed by atoms with E-state index in [0.717, 1.165) is 5.92 Å². The molecule has 1 aromatic rings. The normalized spacial score (nSPS) is 16.4. The van der Waals surface area contributed by atoms with E-state index < -0.39 is 0 Å². The quantitative estimate of drug-likeness (QED) is 0.659. The van der Waals surface area contributed by atoms with E-state index in [0.29, 0.717) is 11.8 Å². The first-order chi connectivity index (χ1) is 7.11. The largest absolute Gasteiger partial charge is 0.0617 e. The molecule has 0 bridgehead atoms. The number of hydrogen-bond acceptors (Lipinski definition) is 0. The molecule has 0 heteroatoms. The Labute approximate surface area is 93.7 Å². The van der Waals surface area contributed by atoms with Crippen molar-refractivity contribution in [2.45, 2.75) is 58.3 Å². The van der Waals surface area contributed by atoms with E-state index in [2.05, 4.69) is 45.9 Å². The van der Waals surface area contributed by atoms with Gasteiger partial charge in [-0.2, -0.15) is 0 Å².